The van der Waals surface area contributed by atoms with E-state index in [9.17, 15) is 19.1 Å². The first-order chi connectivity index (χ1) is 14.8. The Hall–Kier alpha value is -2.03. The highest BCUT2D eigenvalue weighted by Crippen LogP contribution is 2.45. The Morgan fingerprint density at radius 1 is 1.32 bits per heavy atom. The normalized spacial score (nSPS) is 21.9. The maximum absolute atomic E-state index is 14.5. The first-order valence-electron chi connectivity index (χ1n) is 10.00. The summed E-state index contributed by atoms with van der Waals surface area (Å²) in [5.74, 6) is -2.08. The predicted octanol–water partition coefficient (Wildman–Crippen LogP) is 5.13. The van der Waals surface area contributed by atoms with Gasteiger partial charge in [0, 0.05) is 34.9 Å². The van der Waals surface area contributed by atoms with Crippen molar-refractivity contribution < 1.29 is 23.8 Å². The summed E-state index contributed by atoms with van der Waals surface area (Å²) in [6.07, 6.45) is 5.02. The fraction of sp³-hybridized carbons (Fsp3) is 0.391. The molecule has 0 saturated carbocycles. The van der Waals surface area contributed by atoms with Gasteiger partial charge in [0.15, 0.2) is 0 Å². The number of carboxylic acid groups (broad SMARTS) is 1. The number of methoxy groups -OCH3 is 1. The predicted molar refractivity (Wildman–Crippen MR) is 123 cm³/mol. The van der Waals surface area contributed by atoms with Gasteiger partial charge in [0.1, 0.15) is 11.9 Å². The molecule has 0 radical (unpaired) electrons. The van der Waals surface area contributed by atoms with Crippen LogP contribution in [0.3, 0.4) is 0 Å². The van der Waals surface area contributed by atoms with Crippen LogP contribution in [-0.4, -0.2) is 47.4 Å². The van der Waals surface area contributed by atoms with Crippen molar-refractivity contribution in [3.8, 4) is 0 Å². The molecule has 3 rings (SSSR count). The zero-order valence-electron chi connectivity index (χ0n) is 17.8. The number of allylic oxidation sites excluding steroid dienone is 3. The first kappa shape index (κ1) is 23.6. The zero-order chi connectivity index (χ0) is 22.5. The van der Waals surface area contributed by atoms with Crippen molar-refractivity contribution in [3.63, 3.8) is 0 Å². The highest BCUT2D eigenvalue weighted by molar-refractivity contribution is 8.78. The van der Waals surface area contributed by atoms with E-state index < -0.39 is 23.8 Å². The summed E-state index contributed by atoms with van der Waals surface area (Å²) >= 11 is 0. The van der Waals surface area contributed by atoms with Crippen LogP contribution in [0.2, 0.25) is 0 Å². The summed E-state index contributed by atoms with van der Waals surface area (Å²) in [6, 6.07) is 5.20. The molecule has 1 aromatic rings. The largest absolute Gasteiger partial charge is 0.478 e. The van der Waals surface area contributed by atoms with Crippen LogP contribution in [0.15, 0.2) is 58.0 Å². The number of esters is 1. The van der Waals surface area contributed by atoms with E-state index in [0.29, 0.717) is 18.5 Å². The fourth-order valence-corrected chi connectivity index (χ4v) is 6.94. The second kappa shape index (κ2) is 10.5. The van der Waals surface area contributed by atoms with Gasteiger partial charge in [0.05, 0.1) is 7.11 Å². The van der Waals surface area contributed by atoms with Crippen LogP contribution in [0.25, 0.3) is 0 Å². The molecule has 1 aromatic carbocycles. The average Bonchev–Trinajstić information content (AvgIpc) is 3.05. The molecule has 0 amide bonds. The summed E-state index contributed by atoms with van der Waals surface area (Å²) in [4.78, 5) is 27.0. The summed E-state index contributed by atoms with van der Waals surface area (Å²) in [5, 5.41) is 9.39. The van der Waals surface area contributed by atoms with Crippen LogP contribution in [0.4, 0.5) is 4.39 Å². The van der Waals surface area contributed by atoms with E-state index >= 15 is 0 Å². The number of hydrogen-bond donors (Lipinski definition) is 1. The van der Waals surface area contributed by atoms with Crippen molar-refractivity contribution in [2.45, 2.75) is 38.0 Å². The monoisotopic (exact) mass is 463 g/mol. The number of likely N-dealkylation sites (tertiary alicyclic amines) is 1. The standard InChI is InChI=1S/C23H26FNO4S2/c1-14-10-15(2)20(11-14)31-30-19-8-9-25(13-16(19)12-21(26)27)22(23(28)29-3)17-6-4-5-7-18(17)24/h4-7,11-12,19,22H,8-10,13H2,1-3H3,(H,26,27)/b16-12-. The molecule has 2 aliphatic rings. The fourth-order valence-electron chi connectivity index (χ4n) is 3.90. The number of carbonyl (C=O) groups excluding carboxylic acids is 1. The summed E-state index contributed by atoms with van der Waals surface area (Å²) in [5.41, 5.74) is 3.58. The van der Waals surface area contributed by atoms with Crippen molar-refractivity contribution in [2.24, 2.45) is 0 Å². The van der Waals surface area contributed by atoms with E-state index in [-0.39, 0.29) is 17.4 Å². The van der Waals surface area contributed by atoms with Gasteiger partial charge in [-0.25, -0.2) is 14.0 Å². The molecule has 1 aliphatic carbocycles. The van der Waals surface area contributed by atoms with Gasteiger partial charge in [-0.2, -0.15) is 0 Å². The van der Waals surface area contributed by atoms with Gasteiger partial charge in [-0.1, -0.05) is 50.9 Å². The molecule has 2 atom stereocenters. The molecule has 31 heavy (non-hydrogen) atoms. The molecule has 1 fully saturated rings. The second-order valence-electron chi connectivity index (χ2n) is 7.74. The molecule has 8 heteroatoms. The lowest BCUT2D eigenvalue weighted by atomic mass is 9.98. The van der Waals surface area contributed by atoms with Gasteiger partial charge in [0.25, 0.3) is 0 Å². The van der Waals surface area contributed by atoms with E-state index in [1.54, 1.807) is 44.7 Å². The average molecular weight is 464 g/mol. The van der Waals surface area contributed by atoms with Crippen molar-refractivity contribution >= 4 is 33.5 Å². The molecule has 1 saturated heterocycles. The Morgan fingerprint density at radius 2 is 2.06 bits per heavy atom. The van der Waals surface area contributed by atoms with Crippen LogP contribution >= 0.6 is 21.6 Å². The van der Waals surface area contributed by atoms with E-state index in [1.165, 1.54) is 35.3 Å². The minimum atomic E-state index is -1.03. The number of rotatable bonds is 7. The minimum Gasteiger partial charge on any atom is -0.478 e. The van der Waals surface area contributed by atoms with Crippen LogP contribution in [-0.2, 0) is 14.3 Å². The lowest BCUT2D eigenvalue weighted by Gasteiger charge is -2.37. The molecule has 2 unspecified atom stereocenters. The molecule has 5 nitrogen and oxygen atoms in total. The molecular weight excluding hydrogens is 437 g/mol. The van der Waals surface area contributed by atoms with Crippen LogP contribution in [0.1, 0.15) is 38.3 Å². The van der Waals surface area contributed by atoms with Crippen molar-refractivity contribution in [3.05, 3.63) is 69.4 Å². The summed E-state index contributed by atoms with van der Waals surface area (Å²) < 4.78 is 19.4. The number of hydrogen-bond acceptors (Lipinski definition) is 6. The summed E-state index contributed by atoms with van der Waals surface area (Å²) in [6.45, 7) is 5.00. The van der Waals surface area contributed by atoms with Gasteiger partial charge in [-0.15, -0.1) is 0 Å². The Balaban J connectivity index is 1.81. The molecule has 1 heterocycles. The van der Waals surface area contributed by atoms with Crippen molar-refractivity contribution in [1.29, 1.82) is 0 Å². The van der Waals surface area contributed by atoms with E-state index in [4.69, 9.17) is 4.74 Å². The smallest absolute Gasteiger partial charge is 0.328 e. The molecule has 1 N–H and O–H groups in total. The highest BCUT2D eigenvalue weighted by atomic mass is 33.1. The number of piperidine rings is 1. The minimum absolute atomic E-state index is 0.00845. The van der Waals surface area contributed by atoms with E-state index in [1.807, 2.05) is 0 Å². The lowest BCUT2D eigenvalue weighted by Crippen LogP contribution is -2.43. The third-order valence-corrected chi connectivity index (χ3v) is 8.41. The van der Waals surface area contributed by atoms with Gasteiger partial charge in [-0.05, 0) is 44.4 Å². The number of benzene rings is 1. The number of aliphatic carboxylic acids is 1. The zero-order valence-corrected chi connectivity index (χ0v) is 19.4. The number of halogens is 1. The number of nitrogens with zero attached hydrogens (tertiary/aromatic N) is 1. The topological polar surface area (TPSA) is 66.8 Å². The van der Waals surface area contributed by atoms with Crippen LogP contribution < -0.4 is 0 Å². The number of carbonyl (C=O) groups is 2. The third kappa shape index (κ3) is 5.81. The van der Waals surface area contributed by atoms with Crippen LogP contribution in [0.5, 0.6) is 0 Å². The second-order valence-corrected chi connectivity index (χ2v) is 10.2. The molecule has 166 valence electrons. The van der Waals surface area contributed by atoms with Gasteiger partial charge in [0.2, 0.25) is 0 Å². The maximum atomic E-state index is 14.5. The van der Waals surface area contributed by atoms with E-state index in [0.717, 1.165) is 6.42 Å². The Bertz CT molecular complexity index is 957. The SMILES string of the molecule is COC(=O)C(c1ccccc1F)N1CCC(SSC2=C(C)CC(C)=C2)/C(=C\C(=O)O)C1. The number of carboxylic acids is 1. The molecule has 0 aromatic heterocycles. The lowest BCUT2D eigenvalue weighted by molar-refractivity contribution is -0.147. The molecule has 0 bridgehead atoms. The van der Waals surface area contributed by atoms with Crippen molar-refractivity contribution in [2.75, 3.05) is 20.2 Å². The number of ether oxygens (including phenoxy) is 1. The maximum Gasteiger partial charge on any atom is 0.328 e. The van der Waals surface area contributed by atoms with Gasteiger partial charge >= 0.3 is 11.9 Å². The molecule has 0 spiro atoms. The molecule has 1 aliphatic heterocycles. The van der Waals surface area contributed by atoms with Crippen molar-refractivity contribution in [1.82, 2.24) is 4.90 Å². The van der Waals surface area contributed by atoms with Crippen LogP contribution in [0, 0.1) is 5.82 Å². The first-order valence-corrected chi connectivity index (χ1v) is 12.2. The van der Waals surface area contributed by atoms with Gasteiger partial charge in [-0.3, -0.25) is 4.90 Å². The quantitative estimate of drug-likeness (QED) is 0.342. The highest BCUT2D eigenvalue weighted by Gasteiger charge is 2.36. The summed E-state index contributed by atoms with van der Waals surface area (Å²) in [7, 11) is 4.59. The Kier molecular flexibility index (Phi) is 8.02. The van der Waals surface area contributed by atoms with E-state index in [2.05, 4.69) is 19.9 Å². The Labute approximate surface area is 189 Å². The Morgan fingerprint density at radius 3 is 2.68 bits per heavy atom. The molecular formula is C23H26FNO4S2. The van der Waals surface area contributed by atoms with Gasteiger partial charge < -0.3 is 9.84 Å². The third-order valence-electron chi connectivity index (χ3n) is 5.37.